The van der Waals surface area contributed by atoms with Crippen LogP contribution in [0.1, 0.15) is 12.8 Å². The van der Waals surface area contributed by atoms with E-state index in [9.17, 15) is 9.59 Å². The molecule has 86 valence electrons. The fourth-order valence-electron chi connectivity index (χ4n) is 0.614. The number of hydrogen-bond acceptors (Lipinski definition) is 6. The molecule has 0 aromatic heterocycles. The molecule has 0 atom stereocenters. The van der Waals surface area contributed by atoms with Gasteiger partial charge < -0.3 is 20.9 Å². The van der Waals surface area contributed by atoms with Crippen LogP contribution in [0, 0.1) is 0 Å². The van der Waals surface area contributed by atoms with Crippen molar-refractivity contribution in [3.63, 3.8) is 0 Å². The zero-order valence-electron chi connectivity index (χ0n) is 8.03. The molecular formula is C8H18N2Na2O4. The summed E-state index contributed by atoms with van der Waals surface area (Å²) in [5.74, 6) is -1.95. The molecule has 0 rings (SSSR count). The average molecular weight is 252 g/mol. The molecule has 0 aliphatic rings. The van der Waals surface area contributed by atoms with Crippen LogP contribution < -0.4 is 11.5 Å². The molecule has 6 nitrogen and oxygen atoms in total. The maximum absolute atomic E-state index is 10.8. The van der Waals surface area contributed by atoms with Crippen molar-refractivity contribution in [1.82, 2.24) is 0 Å². The molecule has 8 heteroatoms. The molecule has 0 unspecified atom stereocenters. The zero-order chi connectivity index (χ0) is 10.8. The Labute approximate surface area is 139 Å². The molecule has 0 fully saturated rings. The summed E-state index contributed by atoms with van der Waals surface area (Å²) in [5.41, 5.74) is 10.3. The summed E-state index contributed by atoms with van der Waals surface area (Å²) in [5, 5.41) is 0. The van der Waals surface area contributed by atoms with Gasteiger partial charge in [0, 0.05) is 0 Å². The number of carbonyl (C=O) groups is 2. The van der Waals surface area contributed by atoms with Gasteiger partial charge in [-0.15, -0.1) is 0 Å². The van der Waals surface area contributed by atoms with Crippen LogP contribution in [0.3, 0.4) is 0 Å². The summed E-state index contributed by atoms with van der Waals surface area (Å²) in [7, 11) is 0. The standard InChI is InChI=1S/C8H16N2O4.2Na.2H/c9-3-1-5-13-7(11)8(12)14-6-2-4-10;;;;/h1-6,9-10H2;;;;. The topological polar surface area (TPSA) is 105 Å². The molecular weight excluding hydrogens is 234 g/mol. The van der Waals surface area contributed by atoms with Crippen molar-refractivity contribution in [1.29, 1.82) is 0 Å². The SMILES string of the molecule is NCCCOC(=O)C(=O)OCCCN.[NaH].[NaH]. The Morgan fingerprint density at radius 1 is 0.812 bits per heavy atom. The molecule has 0 aliphatic heterocycles. The third kappa shape index (κ3) is 12.9. The second kappa shape index (κ2) is 15.9. The van der Waals surface area contributed by atoms with Crippen molar-refractivity contribution in [2.24, 2.45) is 11.5 Å². The Morgan fingerprint density at radius 2 is 1.12 bits per heavy atom. The number of esters is 2. The molecule has 16 heavy (non-hydrogen) atoms. The number of nitrogens with two attached hydrogens (primary N) is 2. The van der Waals surface area contributed by atoms with Gasteiger partial charge in [-0.2, -0.15) is 0 Å². The van der Waals surface area contributed by atoms with Crippen molar-refractivity contribution in [2.45, 2.75) is 12.8 Å². The van der Waals surface area contributed by atoms with E-state index in [-0.39, 0.29) is 72.3 Å². The van der Waals surface area contributed by atoms with Gasteiger partial charge in [0.2, 0.25) is 0 Å². The second-order valence-corrected chi connectivity index (χ2v) is 2.56. The minimum absolute atomic E-state index is 0. The van der Waals surface area contributed by atoms with Crippen LogP contribution in [0.15, 0.2) is 0 Å². The van der Waals surface area contributed by atoms with Crippen LogP contribution in [-0.4, -0.2) is 97.4 Å². The van der Waals surface area contributed by atoms with Gasteiger partial charge in [0.05, 0.1) is 13.2 Å². The second-order valence-electron chi connectivity index (χ2n) is 2.56. The average Bonchev–Trinajstić information content (AvgIpc) is 2.18. The molecule has 0 aliphatic carbocycles. The summed E-state index contributed by atoms with van der Waals surface area (Å²) < 4.78 is 9.10. The minimum atomic E-state index is -0.976. The molecule has 0 bridgehead atoms. The van der Waals surface area contributed by atoms with Crippen LogP contribution >= 0.6 is 0 Å². The number of carbonyl (C=O) groups excluding carboxylic acids is 2. The number of ether oxygens (including phenoxy) is 2. The molecule has 0 saturated carbocycles. The Hall–Kier alpha value is 0.860. The van der Waals surface area contributed by atoms with E-state index in [1.807, 2.05) is 0 Å². The molecule has 0 aromatic carbocycles. The fourth-order valence-corrected chi connectivity index (χ4v) is 0.614. The third-order valence-corrected chi connectivity index (χ3v) is 1.33. The van der Waals surface area contributed by atoms with E-state index >= 15 is 0 Å². The van der Waals surface area contributed by atoms with Crippen LogP contribution in [0.5, 0.6) is 0 Å². The van der Waals surface area contributed by atoms with Gasteiger partial charge >= 0.3 is 71.1 Å². The summed E-state index contributed by atoms with van der Waals surface area (Å²) in [4.78, 5) is 21.7. The van der Waals surface area contributed by atoms with Gasteiger partial charge in [-0.25, -0.2) is 9.59 Å². The summed E-state index contributed by atoms with van der Waals surface area (Å²) in [6.45, 7) is 1.10. The van der Waals surface area contributed by atoms with E-state index < -0.39 is 11.9 Å². The Morgan fingerprint density at radius 3 is 1.38 bits per heavy atom. The first kappa shape index (κ1) is 22.1. The van der Waals surface area contributed by atoms with Gasteiger partial charge in [0.15, 0.2) is 0 Å². The van der Waals surface area contributed by atoms with Gasteiger partial charge in [0.1, 0.15) is 0 Å². The quantitative estimate of drug-likeness (QED) is 0.234. The Balaban J connectivity index is -0.000000845. The first-order valence-corrected chi connectivity index (χ1v) is 4.46. The van der Waals surface area contributed by atoms with Crippen LogP contribution in [0.4, 0.5) is 0 Å². The maximum atomic E-state index is 10.8. The normalized spacial score (nSPS) is 8.38. The van der Waals surface area contributed by atoms with Crippen molar-refractivity contribution < 1.29 is 19.1 Å². The van der Waals surface area contributed by atoms with E-state index in [0.717, 1.165) is 0 Å². The molecule has 0 heterocycles. The van der Waals surface area contributed by atoms with E-state index in [1.54, 1.807) is 0 Å². The van der Waals surface area contributed by atoms with E-state index in [1.165, 1.54) is 0 Å². The van der Waals surface area contributed by atoms with Crippen molar-refractivity contribution in [3.8, 4) is 0 Å². The molecule has 0 radical (unpaired) electrons. The first-order chi connectivity index (χ1) is 6.72. The predicted octanol–water partition coefficient (Wildman–Crippen LogP) is -2.53. The van der Waals surface area contributed by atoms with E-state index in [0.29, 0.717) is 25.9 Å². The van der Waals surface area contributed by atoms with Crippen molar-refractivity contribution in [3.05, 3.63) is 0 Å². The molecule has 0 amide bonds. The molecule has 4 N–H and O–H groups in total. The Bertz CT molecular complexity index is 173. The van der Waals surface area contributed by atoms with E-state index in [2.05, 4.69) is 9.47 Å². The van der Waals surface area contributed by atoms with Crippen molar-refractivity contribution in [2.75, 3.05) is 26.3 Å². The van der Waals surface area contributed by atoms with E-state index in [4.69, 9.17) is 11.5 Å². The molecule has 0 spiro atoms. The van der Waals surface area contributed by atoms with Crippen molar-refractivity contribution >= 4 is 71.1 Å². The first-order valence-electron chi connectivity index (χ1n) is 4.46. The molecule has 0 aromatic rings. The van der Waals surface area contributed by atoms with Gasteiger partial charge in [-0.1, -0.05) is 0 Å². The van der Waals surface area contributed by atoms with Gasteiger partial charge in [-0.3, -0.25) is 0 Å². The summed E-state index contributed by atoms with van der Waals surface area (Å²) in [6, 6.07) is 0. The fraction of sp³-hybridized carbons (Fsp3) is 0.750. The predicted molar refractivity (Wildman–Crippen MR) is 63.6 cm³/mol. The summed E-state index contributed by atoms with van der Waals surface area (Å²) in [6.07, 6.45) is 1.06. The van der Waals surface area contributed by atoms with Crippen LogP contribution in [-0.2, 0) is 19.1 Å². The van der Waals surface area contributed by atoms with Gasteiger partial charge in [0.25, 0.3) is 0 Å². The van der Waals surface area contributed by atoms with Crippen LogP contribution in [0.2, 0.25) is 0 Å². The third-order valence-electron chi connectivity index (χ3n) is 1.33. The monoisotopic (exact) mass is 252 g/mol. The Kier molecular flexibility index (Phi) is 21.9. The van der Waals surface area contributed by atoms with Gasteiger partial charge in [-0.05, 0) is 25.9 Å². The number of rotatable bonds is 6. The summed E-state index contributed by atoms with van der Waals surface area (Å²) >= 11 is 0. The van der Waals surface area contributed by atoms with Crippen LogP contribution in [0.25, 0.3) is 0 Å². The zero-order valence-corrected chi connectivity index (χ0v) is 8.03. The number of hydrogen-bond donors (Lipinski definition) is 2. The molecule has 0 saturated heterocycles.